The van der Waals surface area contributed by atoms with Gasteiger partial charge in [-0.1, -0.05) is 11.6 Å². The van der Waals surface area contributed by atoms with Crippen LogP contribution in [0.25, 0.3) is 11.3 Å². The Labute approximate surface area is 162 Å². The normalized spacial score (nSPS) is 30.9. The Hall–Kier alpha value is -2.12. The molecule has 1 saturated carbocycles. The van der Waals surface area contributed by atoms with Crippen LogP contribution in [0.5, 0.6) is 0 Å². The van der Waals surface area contributed by atoms with Crippen LogP contribution < -0.4 is 15.5 Å². The van der Waals surface area contributed by atoms with Crippen LogP contribution in [0, 0.1) is 5.92 Å². The number of nitrogens with zero attached hydrogens (tertiary/aromatic N) is 5. The fourth-order valence-corrected chi connectivity index (χ4v) is 5.06. The average molecular weight is 385 g/mol. The van der Waals surface area contributed by atoms with Crippen molar-refractivity contribution in [1.82, 2.24) is 15.0 Å². The first-order chi connectivity index (χ1) is 13.1. The van der Waals surface area contributed by atoms with Gasteiger partial charge in [0.25, 0.3) is 0 Å². The van der Waals surface area contributed by atoms with Crippen LogP contribution in [0.4, 0.5) is 17.6 Å². The molecule has 2 aromatic rings. The van der Waals surface area contributed by atoms with Crippen LogP contribution >= 0.6 is 11.6 Å². The van der Waals surface area contributed by atoms with Crippen LogP contribution in [-0.4, -0.2) is 52.8 Å². The summed E-state index contributed by atoms with van der Waals surface area (Å²) < 4.78 is 5.76. The van der Waals surface area contributed by atoms with Crippen molar-refractivity contribution in [1.29, 1.82) is 0 Å². The molecular weight excluding hydrogens is 364 g/mol. The maximum absolute atomic E-state index is 6.21. The zero-order valence-electron chi connectivity index (χ0n) is 14.9. The van der Waals surface area contributed by atoms with E-state index in [-0.39, 0.29) is 0 Å². The maximum Gasteiger partial charge on any atom is 0.228 e. The first-order valence-corrected chi connectivity index (χ1v) is 9.97. The summed E-state index contributed by atoms with van der Waals surface area (Å²) in [4.78, 5) is 18.8. The molecule has 5 aliphatic rings. The third-order valence-electron chi connectivity index (χ3n) is 6.42. The van der Waals surface area contributed by atoms with Gasteiger partial charge < -0.3 is 20.3 Å². The molecule has 2 aromatic heterocycles. The molecule has 0 aromatic carbocycles. The number of pyridine rings is 1. The standard InChI is InChI=1S/C19H21ClN6O/c20-15-3-11(6-22-18(15)21)16-5-17(25-8-14-4-13(25)9-27-14)24-19(23-16)26-7-10-1-12(26)2-10/h3,5-6,10,12-14H,1-2,4,7-9H2,(H2,21,22)/t10?,12?,13-,14-/m0/s1. The number of nitrogens with two attached hydrogens (primary N) is 1. The van der Waals surface area contributed by atoms with E-state index in [9.17, 15) is 0 Å². The Morgan fingerprint density at radius 1 is 1.07 bits per heavy atom. The molecule has 27 heavy (non-hydrogen) atoms. The van der Waals surface area contributed by atoms with Crippen molar-refractivity contribution >= 4 is 29.2 Å². The third kappa shape index (κ3) is 2.48. The van der Waals surface area contributed by atoms with E-state index in [0.29, 0.717) is 29.0 Å². The average Bonchev–Trinajstić information content (AvgIpc) is 3.43. The van der Waals surface area contributed by atoms with Crippen LogP contribution in [-0.2, 0) is 4.74 Å². The van der Waals surface area contributed by atoms with Crippen molar-refractivity contribution in [2.45, 2.75) is 37.5 Å². The van der Waals surface area contributed by atoms with Crippen molar-refractivity contribution in [3.8, 4) is 11.3 Å². The Morgan fingerprint density at radius 3 is 2.63 bits per heavy atom. The molecule has 140 valence electrons. The molecule has 0 unspecified atom stereocenters. The predicted molar refractivity (Wildman–Crippen MR) is 104 cm³/mol. The summed E-state index contributed by atoms with van der Waals surface area (Å²) in [6, 6.07) is 4.88. The van der Waals surface area contributed by atoms with Crippen LogP contribution in [0.15, 0.2) is 18.3 Å². The molecule has 0 amide bonds. The number of hydrogen-bond donors (Lipinski definition) is 1. The van der Waals surface area contributed by atoms with E-state index in [0.717, 1.165) is 55.1 Å². The number of fused-ring (bicyclic) bond motifs is 3. The third-order valence-corrected chi connectivity index (χ3v) is 6.73. The Morgan fingerprint density at radius 2 is 1.96 bits per heavy atom. The van der Waals surface area contributed by atoms with Gasteiger partial charge in [-0.25, -0.2) is 9.97 Å². The zero-order chi connectivity index (χ0) is 18.1. The second kappa shape index (κ2) is 5.69. The lowest BCUT2D eigenvalue weighted by molar-refractivity contribution is 0.0989. The van der Waals surface area contributed by atoms with Crippen molar-refractivity contribution in [3.05, 3.63) is 23.4 Å². The van der Waals surface area contributed by atoms with Crippen LogP contribution in [0.2, 0.25) is 5.02 Å². The summed E-state index contributed by atoms with van der Waals surface area (Å²) in [5.74, 6) is 2.94. The Kier molecular flexibility index (Phi) is 3.35. The lowest BCUT2D eigenvalue weighted by Gasteiger charge is -2.30. The minimum absolute atomic E-state index is 0.323. The molecule has 2 atom stereocenters. The zero-order valence-corrected chi connectivity index (χ0v) is 15.6. The molecule has 4 bridgehead atoms. The first-order valence-electron chi connectivity index (χ1n) is 9.59. The molecule has 0 radical (unpaired) electrons. The second-order valence-corrected chi connectivity index (χ2v) is 8.55. The van der Waals surface area contributed by atoms with Gasteiger partial charge >= 0.3 is 0 Å². The van der Waals surface area contributed by atoms with Gasteiger partial charge in [0.05, 0.1) is 29.5 Å². The molecule has 7 nitrogen and oxygen atoms in total. The maximum atomic E-state index is 6.21. The largest absolute Gasteiger partial charge is 0.382 e. The van der Waals surface area contributed by atoms with Crippen molar-refractivity contribution < 1.29 is 4.74 Å². The van der Waals surface area contributed by atoms with Crippen molar-refractivity contribution in [2.75, 3.05) is 35.2 Å². The van der Waals surface area contributed by atoms with Gasteiger partial charge in [0.1, 0.15) is 11.6 Å². The fraction of sp³-hybridized carbons (Fsp3) is 0.526. The number of ether oxygens (including phenoxy) is 1. The van der Waals surface area contributed by atoms with Gasteiger partial charge in [-0.2, -0.15) is 4.98 Å². The van der Waals surface area contributed by atoms with E-state index in [4.69, 9.17) is 32.0 Å². The monoisotopic (exact) mass is 384 g/mol. The molecule has 4 aliphatic heterocycles. The highest BCUT2D eigenvalue weighted by molar-refractivity contribution is 6.33. The van der Waals surface area contributed by atoms with Gasteiger partial charge in [0.2, 0.25) is 5.95 Å². The highest BCUT2D eigenvalue weighted by atomic mass is 35.5. The van der Waals surface area contributed by atoms with Crippen molar-refractivity contribution in [3.63, 3.8) is 0 Å². The van der Waals surface area contributed by atoms with Crippen LogP contribution in [0.1, 0.15) is 19.3 Å². The van der Waals surface area contributed by atoms with E-state index in [1.165, 1.54) is 12.8 Å². The highest BCUT2D eigenvalue weighted by Gasteiger charge is 2.45. The minimum atomic E-state index is 0.323. The number of aromatic nitrogens is 3. The number of morpholine rings is 1. The van der Waals surface area contributed by atoms with Crippen LogP contribution in [0.3, 0.4) is 0 Å². The summed E-state index contributed by atoms with van der Waals surface area (Å²) in [7, 11) is 0. The summed E-state index contributed by atoms with van der Waals surface area (Å²) in [6.45, 7) is 2.74. The van der Waals surface area contributed by atoms with E-state index in [2.05, 4.69) is 14.8 Å². The number of hydrogen-bond acceptors (Lipinski definition) is 7. The molecule has 1 aliphatic carbocycles. The first kappa shape index (κ1) is 15.9. The molecule has 5 fully saturated rings. The lowest BCUT2D eigenvalue weighted by Crippen LogP contribution is -2.38. The SMILES string of the molecule is Nc1ncc(-c2cc(N3C[C@@H]4C[C@H]3CO4)nc(N3CC4CC3C4)n2)cc1Cl. The Balaban J connectivity index is 1.44. The molecule has 6 heterocycles. The van der Waals surface area contributed by atoms with Gasteiger partial charge in [-0.05, 0) is 31.2 Å². The summed E-state index contributed by atoms with van der Waals surface area (Å²) >= 11 is 6.21. The summed E-state index contributed by atoms with van der Waals surface area (Å²) in [5, 5.41) is 0.450. The van der Waals surface area contributed by atoms with E-state index < -0.39 is 0 Å². The highest BCUT2D eigenvalue weighted by Crippen LogP contribution is 2.43. The summed E-state index contributed by atoms with van der Waals surface area (Å²) in [5.41, 5.74) is 7.50. The molecule has 2 N–H and O–H groups in total. The number of halogens is 1. The molecule has 0 spiro atoms. The molecule has 7 rings (SSSR count). The van der Waals surface area contributed by atoms with Gasteiger partial charge in [0, 0.05) is 37.0 Å². The van der Waals surface area contributed by atoms with E-state index in [1.807, 2.05) is 12.1 Å². The minimum Gasteiger partial charge on any atom is -0.382 e. The van der Waals surface area contributed by atoms with E-state index in [1.54, 1.807) is 6.20 Å². The number of rotatable bonds is 3. The summed E-state index contributed by atoms with van der Waals surface area (Å²) in [6.07, 6.45) is 5.67. The van der Waals surface area contributed by atoms with Gasteiger partial charge in [-0.3, -0.25) is 0 Å². The molecular formula is C19H21ClN6O. The second-order valence-electron chi connectivity index (χ2n) is 8.14. The number of anilines is 3. The predicted octanol–water partition coefficient (Wildman–Crippen LogP) is 2.35. The quantitative estimate of drug-likeness (QED) is 0.869. The molecule has 4 saturated heterocycles. The Bertz CT molecular complexity index is 917. The smallest absolute Gasteiger partial charge is 0.228 e. The van der Waals surface area contributed by atoms with Gasteiger partial charge in [-0.15, -0.1) is 0 Å². The fourth-order valence-electron chi connectivity index (χ4n) is 4.89. The topological polar surface area (TPSA) is 80.4 Å². The number of nitrogen functional groups attached to an aromatic ring is 1. The van der Waals surface area contributed by atoms with E-state index >= 15 is 0 Å². The van der Waals surface area contributed by atoms with Gasteiger partial charge in [0.15, 0.2) is 0 Å². The lowest BCUT2D eigenvalue weighted by atomic mass is 9.86. The molecule has 8 heteroatoms. The van der Waals surface area contributed by atoms with Crippen molar-refractivity contribution in [2.24, 2.45) is 5.92 Å².